The van der Waals surface area contributed by atoms with Crippen LogP contribution in [-0.2, 0) is 0 Å². The minimum atomic E-state index is -0.0219. The van der Waals surface area contributed by atoms with Crippen LogP contribution >= 0.6 is 0 Å². The zero-order valence-corrected chi connectivity index (χ0v) is 27.6. The Bertz CT molecular complexity index is 2640. The van der Waals surface area contributed by atoms with E-state index in [4.69, 9.17) is 19.9 Å². The number of rotatable bonds is 6. The van der Waals surface area contributed by atoms with Gasteiger partial charge in [-0.2, -0.15) is 10.5 Å². The number of benzene rings is 6. The van der Waals surface area contributed by atoms with E-state index in [-0.39, 0.29) is 11.4 Å². The molecule has 0 fully saturated rings. The van der Waals surface area contributed by atoms with Crippen LogP contribution < -0.4 is 0 Å². The maximum absolute atomic E-state index is 9.92. The van der Waals surface area contributed by atoms with Crippen molar-refractivity contribution in [3.8, 4) is 68.8 Å². The highest BCUT2D eigenvalue weighted by Gasteiger charge is 2.20. The van der Waals surface area contributed by atoms with Gasteiger partial charge < -0.3 is 0 Å². The van der Waals surface area contributed by atoms with Crippen LogP contribution in [0.2, 0.25) is 0 Å². The van der Waals surface area contributed by atoms with Crippen molar-refractivity contribution in [2.75, 3.05) is 0 Å². The Morgan fingerprint density at radius 2 is 0.731 bits per heavy atom. The summed E-state index contributed by atoms with van der Waals surface area (Å²) in [6, 6.07) is 56.4. The maximum atomic E-state index is 9.92. The van der Waals surface area contributed by atoms with E-state index in [1.807, 2.05) is 121 Å². The molecule has 9 rings (SSSR count). The molecule has 0 aliphatic carbocycles. The monoisotopic (exact) mass is 666 g/mol. The van der Waals surface area contributed by atoms with Crippen LogP contribution in [0.25, 0.3) is 78.7 Å². The molecule has 0 aliphatic heterocycles. The number of hydrogen-bond acceptors (Lipinski definition) is 6. The molecule has 8 nitrogen and oxygen atoms in total. The fourth-order valence-corrected chi connectivity index (χ4v) is 6.67. The number of imidazole rings is 2. The van der Waals surface area contributed by atoms with Gasteiger partial charge in [0.05, 0.1) is 33.5 Å². The molecular formula is C44H26N8. The summed E-state index contributed by atoms with van der Waals surface area (Å²) in [5.74, 6) is 1.67. The lowest BCUT2D eigenvalue weighted by Gasteiger charge is -2.14. The van der Waals surface area contributed by atoms with Crippen molar-refractivity contribution >= 4 is 22.1 Å². The number of fused-ring (bicyclic) bond motifs is 2. The molecule has 0 amide bonds. The van der Waals surface area contributed by atoms with Crippen LogP contribution in [-0.4, -0.2) is 29.1 Å². The van der Waals surface area contributed by atoms with E-state index >= 15 is 0 Å². The second-order valence-corrected chi connectivity index (χ2v) is 12.2. The lowest BCUT2D eigenvalue weighted by molar-refractivity contribution is 1.10. The zero-order valence-electron chi connectivity index (χ0n) is 27.6. The SMILES string of the molecule is N#Cc1nc(-c2ccc(-n3c(-c4ccccc4)nc4ccccc43)cc2)c(-c2ccc(-n3c(-c4ccccc4)nc4ccccc43)cc2)nc1C#N. The Morgan fingerprint density at radius 3 is 1.12 bits per heavy atom. The van der Waals surface area contributed by atoms with Crippen LogP contribution in [0, 0.1) is 22.7 Å². The molecule has 8 heteroatoms. The summed E-state index contributed by atoms with van der Waals surface area (Å²) in [6.45, 7) is 0. The van der Waals surface area contributed by atoms with Crippen LogP contribution in [0.4, 0.5) is 0 Å². The summed E-state index contributed by atoms with van der Waals surface area (Å²) in [7, 11) is 0. The molecule has 9 aromatic rings. The minimum Gasteiger partial charge on any atom is -0.292 e. The van der Waals surface area contributed by atoms with Crippen molar-refractivity contribution in [2.24, 2.45) is 0 Å². The second-order valence-electron chi connectivity index (χ2n) is 12.2. The molecule has 0 spiro atoms. The van der Waals surface area contributed by atoms with Gasteiger partial charge in [0.2, 0.25) is 0 Å². The van der Waals surface area contributed by atoms with Crippen LogP contribution in [0.1, 0.15) is 11.4 Å². The minimum absolute atomic E-state index is 0.0219. The average molecular weight is 667 g/mol. The summed E-state index contributed by atoms with van der Waals surface area (Å²) in [6.07, 6.45) is 0. The highest BCUT2D eigenvalue weighted by Crippen LogP contribution is 2.35. The van der Waals surface area contributed by atoms with Gasteiger partial charge in [-0.3, -0.25) is 9.13 Å². The predicted molar refractivity (Wildman–Crippen MR) is 202 cm³/mol. The van der Waals surface area contributed by atoms with Gasteiger partial charge in [0, 0.05) is 33.6 Å². The third-order valence-electron chi connectivity index (χ3n) is 9.09. The predicted octanol–water partition coefficient (Wildman–Crippen LogP) is 9.57. The average Bonchev–Trinajstić information content (AvgIpc) is 3.81. The maximum Gasteiger partial charge on any atom is 0.177 e. The Balaban J connectivity index is 1.15. The first-order valence-corrected chi connectivity index (χ1v) is 16.7. The largest absolute Gasteiger partial charge is 0.292 e. The van der Waals surface area contributed by atoms with Gasteiger partial charge >= 0.3 is 0 Å². The summed E-state index contributed by atoms with van der Waals surface area (Å²) in [4.78, 5) is 19.3. The first-order chi connectivity index (χ1) is 25.7. The third kappa shape index (κ3) is 5.16. The van der Waals surface area contributed by atoms with Crippen molar-refractivity contribution in [3.05, 3.63) is 169 Å². The number of aromatic nitrogens is 6. The standard InChI is InChI=1S/C44H26N8/c45-27-37-38(28-46)48-42(30-21-25-34(26-22-30)52-40-18-10-8-16-36(40)50-44(52)32-13-5-2-6-14-32)41(47-37)29-19-23-33(24-20-29)51-39-17-9-7-15-35(39)49-43(51)31-11-3-1-4-12-31/h1-26H. The van der Waals surface area contributed by atoms with Gasteiger partial charge in [0.15, 0.2) is 11.4 Å². The molecule has 0 atom stereocenters. The van der Waals surface area contributed by atoms with E-state index in [1.165, 1.54) is 0 Å². The lowest BCUT2D eigenvalue weighted by Crippen LogP contribution is -2.02. The number of nitriles is 2. The van der Waals surface area contributed by atoms with E-state index in [0.29, 0.717) is 11.4 Å². The molecule has 242 valence electrons. The van der Waals surface area contributed by atoms with Gasteiger partial charge in [-0.15, -0.1) is 0 Å². The quantitative estimate of drug-likeness (QED) is 0.175. The smallest absolute Gasteiger partial charge is 0.177 e. The van der Waals surface area contributed by atoms with E-state index in [0.717, 1.165) is 67.3 Å². The van der Waals surface area contributed by atoms with Gasteiger partial charge in [0.1, 0.15) is 23.8 Å². The van der Waals surface area contributed by atoms with Crippen LogP contribution in [0.5, 0.6) is 0 Å². The topological polar surface area (TPSA) is 109 Å². The highest BCUT2D eigenvalue weighted by atomic mass is 15.1. The van der Waals surface area contributed by atoms with Gasteiger partial charge in [0.25, 0.3) is 0 Å². The van der Waals surface area contributed by atoms with Crippen molar-refractivity contribution < 1.29 is 0 Å². The van der Waals surface area contributed by atoms with Crippen molar-refractivity contribution in [3.63, 3.8) is 0 Å². The summed E-state index contributed by atoms with van der Waals surface area (Å²) < 4.78 is 4.28. The highest BCUT2D eigenvalue weighted by molar-refractivity contribution is 5.86. The molecule has 0 saturated heterocycles. The first kappa shape index (κ1) is 30.4. The number of para-hydroxylation sites is 4. The molecule has 0 N–H and O–H groups in total. The van der Waals surface area contributed by atoms with E-state index in [9.17, 15) is 10.5 Å². The molecule has 3 aromatic heterocycles. The zero-order chi connectivity index (χ0) is 35.0. The normalized spacial score (nSPS) is 11.0. The number of hydrogen-bond donors (Lipinski definition) is 0. The van der Waals surface area contributed by atoms with E-state index < -0.39 is 0 Å². The molecule has 3 heterocycles. The fraction of sp³-hybridized carbons (Fsp3) is 0. The molecule has 0 aliphatic rings. The second kappa shape index (κ2) is 12.6. The first-order valence-electron chi connectivity index (χ1n) is 16.7. The molecule has 0 unspecified atom stereocenters. The van der Waals surface area contributed by atoms with E-state index in [1.54, 1.807) is 0 Å². The lowest BCUT2D eigenvalue weighted by atomic mass is 10.0. The third-order valence-corrected chi connectivity index (χ3v) is 9.09. The Morgan fingerprint density at radius 1 is 0.365 bits per heavy atom. The molecular weight excluding hydrogens is 641 g/mol. The molecule has 0 saturated carbocycles. The van der Waals surface area contributed by atoms with E-state index in [2.05, 4.69) is 57.7 Å². The fourth-order valence-electron chi connectivity index (χ4n) is 6.67. The van der Waals surface area contributed by atoms with Gasteiger partial charge in [-0.1, -0.05) is 109 Å². The Labute approximate surface area is 298 Å². The molecule has 6 aromatic carbocycles. The Kier molecular flexibility index (Phi) is 7.39. The van der Waals surface area contributed by atoms with Gasteiger partial charge in [-0.05, 0) is 48.5 Å². The molecule has 0 bridgehead atoms. The Hall–Kier alpha value is -7.68. The molecule has 52 heavy (non-hydrogen) atoms. The van der Waals surface area contributed by atoms with Crippen LogP contribution in [0.15, 0.2) is 158 Å². The summed E-state index contributed by atoms with van der Waals surface area (Å²) >= 11 is 0. The van der Waals surface area contributed by atoms with Crippen molar-refractivity contribution in [1.82, 2.24) is 29.1 Å². The van der Waals surface area contributed by atoms with Gasteiger partial charge in [-0.25, -0.2) is 19.9 Å². The van der Waals surface area contributed by atoms with Crippen molar-refractivity contribution in [2.45, 2.75) is 0 Å². The molecule has 0 radical (unpaired) electrons. The number of nitrogens with zero attached hydrogens (tertiary/aromatic N) is 8. The van der Waals surface area contributed by atoms with Crippen LogP contribution in [0.3, 0.4) is 0 Å². The summed E-state index contributed by atoms with van der Waals surface area (Å²) in [5, 5.41) is 19.8. The summed E-state index contributed by atoms with van der Waals surface area (Å²) in [5.41, 5.74) is 10.1. The van der Waals surface area contributed by atoms with Crippen molar-refractivity contribution in [1.29, 1.82) is 10.5 Å².